The highest BCUT2D eigenvalue weighted by atomic mass is 35.5. The van der Waals surface area contributed by atoms with E-state index in [1.165, 1.54) is 31.4 Å². The number of methoxy groups -OCH3 is 1. The topological polar surface area (TPSA) is 105 Å². The first kappa shape index (κ1) is 25.2. The number of halogens is 1. The zero-order valence-electron chi connectivity index (χ0n) is 18.4. The first-order valence-electron chi connectivity index (χ1n) is 10.3. The van der Waals surface area contributed by atoms with Crippen molar-refractivity contribution >= 4 is 44.8 Å². The predicted octanol–water partition coefficient (Wildman–Crippen LogP) is 3.55. The van der Waals surface area contributed by atoms with Crippen molar-refractivity contribution in [2.45, 2.75) is 4.90 Å². The Bertz CT molecular complexity index is 1230. The summed E-state index contributed by atoms with van der Waals surface area (Å²) in [7, 11) is -2.54. The molecule has 2 amide bonds. The van der Waals surface area contributed by atoms with Crippen LogP contribution in [0, 0.1) is 0 Å². The van der Waals surface area contributed by atoms with Crippen LogP contribution in [0.4, 0.5) is 11.4 Å². The number of carbonyl (C=O) groups is 2. The number of carbonyl (C=O) groups excluding carboxylic acids is 2. The lowest BCUT2D eigenvalue weighted by molar-refractivity contribution is -0.114. The highest BCUT2D eigenvalue weighted by molar-refractivity contribution is 7.92. The zero-order chi connectivity index (χ0) is 24.6. The van der Waals surface area contributed by atoms with Gasteiger partial charge in [-0.15, -0.1) is 0 Å². The highest BCUT2D eigenvalue weighted by Crippen LogP contribution is 2.25. The van der Waals surface area contributed by atoms with Gasteiger partial charge in [-0.3, -0.25) is 13.9 Å². The molecule has 0 spiro atoms. The molecule has 34 heavy (non-hydrogen) atoms. The molecule has 2 N–H and O–H groups in total. The van der Waals surface area contributed by atoms with Gasteiger partial charge in [0, 0.05) is 18.7 Å². The van der Waals surface area contributed by atoms with Gasteiger partial charge < -0.3 is 15.4 Å². The maximum absolute atomic E-state index is 13.4. The van der Waals surface area contributed by atoms with E-state index < -0.39 is 22.5 Å². The van der Waals surface area contributed by atoms with Crippen LogP contribution in [-0.4, -0.2) is 47.0 Å². The third kappa shape index (κ3) is 6.34. The molecule has 0 aromatic heterocycles. The number of sulfonamides is 1. The van der Waals surface area contributed by atoms with Gasteiger partial charge in [-0.05, 0) is 48.5 Å². The van der Waals surface area contributed by atoms with E-state index in [2.05, 4.69) is 10.6 Å². The first-order chi connectivity index (χ1) is 16.3. The van der Waals surface area contributed by atoms with Crippen LogP contribution in [0.1, 0.15) is 10.4 Å². The minimum atomic E-state index is -4.06. The van der Waals surface area contributed by atoms with E-state index in [1.807, 2.05) is 0 Å². The second kappa shape index (κ2) is 11.6. The maximum atomic E-state index is 13.4. The Morgan fingerprint density at radius 2 is 1.59 bits per heavy atom. The van der Waals surface area contributed by atoms with E-state index in [4.69, 9.17) is 16.3 Å². The second-order valence-electron chi connectivity index (χ2n) is 7.14. The van der Waals surface area contributed by atoms with Crippen LogP contribution < -0.4 is 14.9 Å². The van der Waals surface area contributed by atoms with Gasteiger partial charge in [0.25, 0.3) is 15.9 Å². The smallest absolute Gasteiger partial charge is 0.264 e. The fraction of sp³-hybridized carbons (Fsp3) is 0.167. The van der Waals surface area contributed by atoms with Crippen molar-refractivity contribution in [1.29, 1.82) is 0 Å². The van der Waals surface area contributed by atoms with Gasteiger partial charge in [-0.2, -0.15) is 0 Å². The molecule has 0 atom stereocenters. The molecule has 0 saturated heterocycles. The first-order valence-corrected chi connectivity index (χ1v) is 12.1. The molecule has 0 unspecified atom stereocenters. The fourth-order valence-electron chi connectivity index (χ4n) is 3.11. The van der Waals surface area contributed by atoms with Crippen LogP contribution in [0.2, 0.25) is 5.02 Å². The predicted molar refractivity (Wildman–Crippen MR) is 132 cm³/mol. The van der Waals surface area contributed by atoms with Gasteiger partial charge >= 0.3 is 0 Å². The molecule has 0 aliphatic rings. The Morgan fingerprint density at radius 3 is 2.26 bits per heavy atom. The number of rotatable bonds is 10. The normalized spacial score (nSPS) is 11.0. The van der Waals surface area contributed by atoms with Gasteiger partial charge in [-0.25, -0.2) is 8.42 Å². The van der Waals surface area contributed by atoms with Gasteiger partial charge in [0.2, 0.25) is 5.91 Å². The number of ether oxygens (including phenoxy) is 1. The summed E-state index contributed by atoms with van der Waals surface area (Å²) < 4.78 is 32.7. The van der Waals surface area contributed by atoms with Crippen LogP contribution >= 0.6 is 11.6 Å². The molecule has 0 bridgehead atoms. The molecule has 0 heterocycles. The molecule has 3 aromatic carbocycles. The number of benzene rings is 3. The van der Waals surface area contributed by atoms with Crippen molar-refractivity contribution in [3.05, 3.63) is 89.4 Å². The number of anilines is 2. The third-order valence-electron chi connectivity index (χ3n) is 4.77. The van der Waals surface area contributed by atoms with Crippen molar-refractivity contribution in [1.82, 2.24) is 5.32 Å². The Morgan fingerprint density at radius 1 is 0.941 bits per heavy atom. The molecule has 0 saturated carbocycles. The van der Waals surface area contributed by atoms with Crippen LogP contribution in [0.15, 0.2) is 83.8 Å². The summed E-state index contributed by atoms with van der Waals surface area (Å²) in [5, 5.41) is 5.78. The Labute approximate surface area is 203 Å². The summed E-state index contributed by atoms with van der Waals surface area (Å²) in [4.78, 5) is 25.5. The number of nitrogens with zero attached hydrogens (tertiary/aromatic N) is 1. The number of hydrogen-bond acceptors (Lipinski definition) is 5. The zero-order valence-corrected chi connectivity index (χ0v) is 20.0. The average molecular weight is 502 g/mol. The third-order valence-corrected chi connectivity index (χ3v) is 6.81. The molecular weight excluding hydrogens is 478 g/mol. The number of hydrogen-bond donors (Lipinski definition) is 2. The van der Waals surface area contributed by atoms with Gasteiger partial charge in [0.1, 0.15) is 6.54 Å². The van der Waals surface area contributed by atoms with E-state index in [0.717, 1.165) is 4.31 Å². The quantitative estimate of drug-likeness (QED) is 0.413. The van der Waals surface area contributed by atoms with Crippen LogP contribution in [0.25, 0.3) is 0 Å². The van der Waals surface area contributed by atoms with Crippen molar-refractivity contribution in [2.24, 2.45) is 0 Å². The standard InChI is InChI=1S/C24H24ClN3O5S/c1-33-16-15-26-24(30)21-9-5-6-10-22(21)27-23(29)17-28(19-13-11-18(25)12-14-19)34(31,32)20-7-3-2-4-8-20/h2-14H,15-17H2,1H3,(H,26,30)(H,27,29). The van der Waals surface area contributed by atoms with E-state index in [1.54, 1.807) is 54.6 Å². The molecule has 178 valence electrons. The van der Waals surface area contributed by atoms with Gasteiger partial charge in [0.05, 0.1) is 28.4 Å². The average Bonchev–Trinajstić information content (AvgIpc) is 2.84. The molecule has 0 radical (unpaired) electrons. The summed E-state index contributed by atoms with van der Waals surface area (Å²) in [6, 6.07) is 20.4. The number of nitrogens with one attached hydrogen (secondary N) is 2. The van der Waals surface area contributed by atoms with Crippen molar-refractivity contribution < 1.29 is 22.7 Å². The molecule has 0 aliphatic carbocycles. The second-order valence-corrected chi connectivity index (χ2v) is 9.44. The number of amides is 2. The minimum Gasteiger partial charge on any atom is -0.383 e. The largest absolute Gasteiger partial charge is 0.383 e. The fourth-order valence-corrected chi connectivity index (χ4v) is 4.68. The SMILES string of the molecule is COCCNC(=O)c1ccccc1NC(=O)CN(c1ccc(Cl)cc1)S(=O)(=O)c1ccccc1. The summed E-state index contributed by atoms with van der Waals surface area (Å²) in [5.41, 5.74) is 0.778. The molecular formula is C24H24ClN3O5S. The van der Waals surface area contributed by atoms with E-state index in [-0.39, 0.29) is 27.7 Å². The lowest BCUT2D eigenvalue weighted by atomic mass is 10.1. The van der Waals surface area contributed by atoms with Crippen molar-refractivity contribution in [3.63, 3.8) is 0 Å². The highest BCUT2D eigenvalue weighted by Gasteiger charge is 2.27. The van der Waals surface area contributed by atoms with Crippen molar-refractivity contribution in [2.75, 3.05) is 36.4 Å². The molecule has 3 aromatic rings. The minimum absolute atomic E-state index is 0.0377. The number of para-hydroxylation sites is 1. The molecule has 0 fully saturated rings. The lowest BCUT2D eigenvalue weighted by Crippen LogP contribution is -2.38. The van der Waals surface area contributed by atoms with E-state index in [0.29, 0.717) is 18.2 Å². The Balaban J connectivity index is 1.86. The molecule has 3 rings (SSSR count). The van der Waals surface area contributed by atoms with Crippen LogP contribution in [0.5, 0.6) is 0 Å². The monoisotopic (exact) mass is 501 g/mol. The van der Waals surface area contributed by atoms with E-state index in [9.17, 15) is 18.0 Å². The van der Waals surface area contributed by atoms with Crippen molar-refractivity contribution in [3.8, 4) is 0 Å². The Kier molecular flexibility index (Phi) is 8.64. The summed E-state index contributed by atoms with van der Waals surface area (Å²) in [6.45, 7) is 0.128. The van der Waals surface area contributed by atoms with Gasteiger partial charge in [0.15, 0.2) is 0 Å². The Hall–Kier alpha value is -3.40. The summed E-state index contributed by atoms with van der Waals surface area (Å²) in [6.07, 6.45) is 0. The maximum Gasteiger partial charge on any atom is 0.264 e. The van der Waals surface area contributed by atoms with Crippen LogP contribution in [-0.2, 0) is 19.6 Å². The molecule has 10 heteroatoms. The van der Waals surface area contributed by atoms with Crippen LogP contribution in [0.3, 0.4) is 0 Å². The lowest BCUT2D eigenvalue weighted by Gasteiger charge is -2.24. The summed E-state index contributed by atoms with van der Waals surface area (Å²) in [5.74, 6) is -1.01. The molecule has 8 nitrogen and oxygen atoms in total. The molecule has 0 aliphatic heterocycles. The van der Waals surface area contributed by atoms with E-state index >= 15 is 0 Å². The van der Waals surface area contributed by atoms with Gasteiger partial charge in [-0.1, -0.05) is 41.9 Å². The summed E-state index contributed by atoms with van der Waals surface area (Å²) >= 11 is 5.96.